The first kappa shape index (κ1) is 16.1. The average molecular weight is 284 g/mol. The van der Waals surface area contributed by atoms with E-state index < -0.39 is 9.84 Å². The van der Waals surface area contributed by atoms with E-state index in [0.29, 0.717) is 6.42 Å². The number of aromatic nitrogens is 1. The van der Waals surface area contributed by atoms with E-state index in [1.54, 1.807) is 19.3 Å². The molecule has 1 rings (SSSR count). The first-order valence-electron chi connectivity index (χ1n) is 6.92. The van der Waals surface area contributed by atoms with Crippen LogP contribution >= 0.6 is 0 Å². The summed E-state index contributed by atoms with van der Waals surface area (Å²) in [6.07, 6.45) is 6.15. The van der Waals surface area contributed by atoms with Crippen LogP contribution in [0.5, 0.6) is 0 Å². The van der Waals surface area contributed by atoms with Crippen molar-refractivity contribution in [2.24, 2.45) is 0 Å². The Balaban J connectivity index is 2.56. The molecule has 0 bridgehead atoms. The number of pyridine rings is 1. The molecule has 1 aromatic rings. The van der Waals surface area contributed by atoms with E-state index in [9.17, 15) is 8.42 Å². The zero-order chi connectivity index (χ0) is 14.1. The molecule has 0 saturated heterocycles. The summed E-state index contributed by atoms with van der Waals surface area (Å²) in [4.78, 5) is 4.02. The van der Waals surface area contributed by atoms with Gasteiger partial charge in [-0.1, -0.05) is 13.8 Å². The van der Waals surface area contributed by atoms with Crippen molar-refractivity contribution in [3.05, 3.63) is 30.1 Å². The standard InChI is InChI=1S/C14H24N2O2S/c1-3-9-16-14(13-7-10-15-11-8-13)6-5-12-19(17,18)4-2/h7-8,10-11,14,16H,3-6,9,12H2,1-2H3. The molecule has 1 atom stereocenters. The quantitative estimate of drug-likeness (QED) is 0.756. The third-order valence-electron chi connectivity index (χ3n) is 3.14. The van der Waals surface area contributed by atoms with Gasteiger partial charge < -0.3 is 5.32 Å². The summed E-state index contributed by atoms with van der Waals surface area (Å²) in [5, 5.41) is 3.47. The summed E-state index contributed by atoms with van der Waals surface area (Å²) >= 11 is 0. The van der Waals surface area contributed by atoms with E-state index in [-0.39, 0.29) is 17.5 Å². The summed E-state index contributed by atoms with van der Waals surface area (Å²) in [6, 6.07) is 4.19. The minimum Gasteiger partial charge on any atom is -0.310 e. The van der Waals surface area contributed by atoms with Crippen LogP contribution in [-0.2, 0) is 9.84 Å². The van der Waals surface area contributed by atoms with Gasteiger partial charge in [-0.2, -0.15) is 0 Å². The normalized spacial score (nSPS) is 13.4. The summed E-state index contributed by atoms with van der Waals surface area (Å²) in [6.45, 7) is 4.76. The Bertz CT molecular complexity index is 446. The summed E-state index contributed by atoms with van der Waals surface area (Å²) in [5.41, 5.74) is 1.18. The fraction of sp³-hybridized carbons (Fsp3) is 0.643. The smallest absolute Gasteiger partial charge is 0.150 e. The predicted octanol–water partition coefficient (Wildman–Crippen LogP) is 2.34. The second-order valence-corrected chi connectivity index (χ2v) is 7.14. The van der Waals surface area contributed by atoms with Crippen LogP contribution in [-0.4, -0.2) is 31.5 Å². The topological polar surface area (TPSA) is 59.1 Å². The van der Waals surface area contributed by atoms with Gasteiger partial charge in [0.05, 0.1) is 5.75 Å². The van der Waals surface area contributed by atoms with Crippen LogP contribution in [0.15, 0.2) is 24.5 Å². The van der Waals surface area contributed by atoms with Crippen molar-refractivity contribution < 1.29 is 8.42 Å². The molecule has 108 valence electrons. The van der Waals surface area contributed by atoms with Crippen LogP contribution in [0.4, 0.5) is 0 Å². The highest BCUT2D eigenvalue weighted by atomic mass is 32.2. The number of sulfone groups is 1. The highest BCUT2D eigenvalue weighted by molar-refractivity contribution is 7.91. The van der Waals surface area contributed by atoms with Gasteiger partial charge in [0, 0.05) is 24.2 Å². The minimum absolute atomic E-state index is 0.218. The summed E-state index contributed by atoms with van der Waals surface area (Å²) < 4.78 is 23.0. The highest BCUT2D eigenvalue weighted by Gasteiger charge is 2.13. The monoisotopic (exact) mass is 284 g/mol. The predicted molar refractivity (Wildman–Crippen MR) is 78.8 cm³/mol. The SMILES string of the molecule is CCCNC(CCCS(=O)(=O)CC)c1ccncc1. The molecular formula is C14H24N2O2S. The lowest BCUT2D eigenvalue weighted by molar-refractivity contribution is 0.492. The molecule has 1 heterocycles. The molecule has 0 spiro atoms. The van der Waals surface area contributed by atoms with Gasteiger partial charge in [-0.05, 0) is 43.5 Å². The molecule has 1 N–H and O–H groups in total. The number of nitrogens with one attached hydrogen (secondary N) is 1. The molecule has 0 amide bonds. The Hall–Kier alpha value is -0.940. The van der Waals surface area contributed by atoms with Crippen LogP contribution in [0.1, 0.15) is 44.7 Å². The minimum atomic E-state index is -2.86. The number of hydrogen-bond acceptors (Lipinski definition) is 4. The maximum atomic E-state index is 11.5. The molecule has 4 nitrogen and oxygen atoms in total. The summed E-state index contributed by atoms with van der Waals surface area (Å²) in [5.74, 6) is 0.508. The van der Waals surface area contributed by atoms with Gasteiger partial charge in [0.15, 0.2) is 0 Å². The molecule has 5 heteroatoms. The second kappa shape index (κ2) is 8.27. The molecule has 1 unspecified atom stereocenters. The van der Waals surface area contributed by atoms with Gasteiger partial charge in [0.2, 0.25) is 0 Å². The Kier molecular flexibility index (Phi) is 7.02. The molecular weight excluding hydrogens is 260 g/mol. The van der Waals surface area contributed by atoms with Crippen LogP contribution in [0.3, 0.4) is 0 Å². The molecule has 1 aromatic heterocycles. The van der Waals surface area contributed by atoms with E-state index in [1.807, 2.05) is 12.1 Å². The number of hydrogen-bond donors (Lipinski definition) is 1. The second-order valence-electron chi connectivity index (χ2n) is 4.67. The van der Waals surface area contributed by atoms with E-state index in [1.165, 1.54) is 5.56 Å². The average Bonchev–Trinajstić information content (AvgIpc) is 2.43. The number of rotatable bonds is 9. The molecule has 0 aromatic carbocycles. The Morgan fingerprint density at radius 3 is 2.53 bits per heavy atom. The Morgan fingerprint density at radius 1 is 1.26 bits per heavy atom. The fourth-order valence-corrected chi connectivity index (χ4v) is 2.85. The first-order valence-corrected chi connectivity index (χ1v) is 8.75. The van der Waals surface area contributed by atoms with Crippen molar-refractivity contribution in [1.29, 1.82) is 0 Å². The molecule has 0 aliphatic carbocycles. The molecule has 0 aliphatic rings. The van der Waals surface area contributed by atoms with Crippen LogP contribution in [0, 0.1) is 0 Å². The van der Waals surface area contributed by atoms with E-state index >= 15 is 0 Å². The Labute approximate surface area is 116 Å². The lowest BCUT2D eigenvalue weighted by Crippen LogP contribution is -2.23. The molecule has 0 fully saturated rings. The van der Waals surface area contributed by atoms with E-state index in [0.717, 1.165) is 19.4 Å². The first-order chi connectivity index (χ1) is 9.09. The fourth-order valence-electron chi connectivity index (χ4n) is 1.95. The van der Waals surface area contributed by atoms with E-state index in [2.05, 4.69) is 17.2 Å². The lowest BCUT2D eigenvalue weighted by Gasteiger charge is -2.18. The van der Waals surface area contributed by atoms with Crippen LogP contribution in [0.2, 0.25) is 0 Å². The third kappa shape index (κ3) is 6.16. The highest BCUT2D eigenvalue weighted by Crippen LogP contribution is 2.18. The lowest BCUT2D eigenvalue weighted by atomic mass is 10.0. The van der Waals surface area contributed by atoms with Crippen molar-refractivity contribution >= 4 is 9.84 Å². The third-order valence-corrected chi connectivity index (χ3v) is 4.93. The van der Waals surface area contributed by atoms with Gasteiger partial charge in [-0.25, -0.2) is 8.42 Å². The van der Waals surface area contributed by atoms with Gasteiger partial charge >= 0.3 is 0 Å². The molecule has 0 aliphatic heterocycles. The maximum absolute atomic E-state index is 11.5. The van der Waals surface area contributed by atoms with Crippen molar-refractivity contribution in [3.8, 4) is 0 Å². The Morgan fingerprint density at radius 2 is 1.95 bits per heavy atom. The van der Waals surface area contributed by atoms with Crippen molar-refractivity contribution in [2.75, 3.05) is 18.1 Å². The van der Waals surface area contributed by atoms with E-state index in [4.69, 9.17) is 0 Å². The zero-order valence-corrected chi connectivity index (χ0v) is 12.6. The number of nitrogens with zero attached hydrogens (tertiary/aromatic N) is 1. The van der Waals surface area contributed by atoms with Gasteiger partial charge in [-0.15, -0.1) is 0 Å². The largest absolute Gasteiger partial charge is 0.310 e. The molecule has 0 saturated carbocycles. The van der Waals surface area contributed by atoms with Gasteiger partial charge in [0.1, 0.15) is 9.84 Å². The molecule has 0 radical (unpaired) electrons. The van der Waals surface area contributed by atoms with Crippen molar-refractivity contribution in [1.82, 2.24) is 10.3 Å². The zero-order valence-electron chi connectivity index (χ0n) is 11.8. The van der Waals surface area contributed by atoms with Crippen LogP contribution in [0.25, 0.3) is 0 Å². The maximum Gasteiger partial charge on any atom is 0.150 e. The molecule has 19 heavy (non-hydrogen) atoms. The summed E-state index contributed by atoms with van der Waals surface area (Å²) in [7, 11) is -2.86. The van der Waals surface area contributed by atoms with Gasteiger partial charge in [0.25, 0.3) is 0 Å². The van der Waals surface area contributed by atoms with Crippen LogP contribution < -0.4 is 5.32 Å². The van der Waals surface area contributed by atoms with Gasteiger partial charge in [-0.3, -0.25) is 4.98 Å². The van der Waals surface area contributed by atoms with Crippen molar-refractivity contribution in [3.63, 3.8) is 0 Å². The van der Waals surface area contributed by atoms with Crippen molar-refractivity contribution in [2.45, 2.75) is 39.2 Å².